The summed E-state index contributed by atoms with van der Waals surface area (Å²) in [5.74, 6) is 0.0394. The van der Waals surface area contributed by atoms with Crippen LogP contribution in [0.1, 0.15) is 39.3 Å². The third kappa shape index (κ3) is 4.27. The lowest BCUT2D eigenvalue weighted by Crippen LogP contribution is -2.48. The van der Waals surface area contributed by atoms with Crippen molar-refractivity contribution in [1.82, 2.24) is 15.2 Å². The highest BCUT2D eigenvalue weighted by molar-refractivity contribution is 7.07. The summed E-state index contributed by atoms with van der Waals surface area (Å²) in [4.78, 5) is 30.5. The fraction of sp³-hybridized carbons (Fsp3) is 0.667. The van der Waals surface area contributed by atoms with Crippen molar-refractivity contribution < 1.29 is 9.59 Å². The van der Waals surface area contributed by atoms with Crippen LogP contribution in [0.3, 0.4) is 0 Å². The molecule has 0 bridgehead atoms. The SMILES string of the molecule is CC(C)(C)C(=O)N1CCC[C@H](C(=O)NCc2cscn2)C1. The first-order valence-electron chi connectivity index (χ1n) is 7.32. The summed E-state index contributed by atoms with van der Waals surface area (Å²) in [6.45, 7) is 7.50. The Morgan fingerprint density at radius 3 is 2.86 bits per heavy atom. The molecule has 1 atom stereocenters. The summed E-state index contributed by atoms with van der Waals surface area (Å²) in [5.41, 5.74) is 2.25. The summed E-state index contributed by atoms with van der Waals surface area (Å²) >= 11 is 1.52. The molecule has 1 N–H and O–H groups in total. The first kappa shape index (κ1) is 15.9. The van der Waals surface area contributed by atoms with E-state index in [-0.39, 0.29) is 23.1 Å². The Hall–Kier alpha value is -1.43. The molecule has 2 rings (SSSR count). The number of piperidine rings is 1. The lowest BCUT2D eigenvalue weighted by atomic mass is 9.91. The molecule has 1 aromatic rings. The van der Waals surface area contributed by atoms with Crippen LogP contribution in [0.4, 0.5) is 0 Å². The molecule has 1 aromatic heterocycles. The van der Waals surface area contributed by atoms with E-state index < -0.39 is 0 Å². The molecule has 2 heterocycles. The average molecular weight is 309 g/mol. The topological polar surface area (TPSA) is 62.3 Å². The largest absolute Gasteiger partial charge is 0.350 e. The fourth-order valence-electron chi connectivity index (χ4n) is 2.50. The summed E-state index contributed by atoms with van der Waals surface area (Å²) in [7, 11) is 0. The number of nitrogens with one attached hydrogen (secondary N) is 1. The van der Waals surface area contributed by atoms with Crippen LogP contribution in [0.2, 0.25) is 0 Å². The fourth-order valence-corrected chi connectivity index (χ4v) is 3.06. The number of thiazole rings is 1. The number of hydrogen-bond acceptors (Lipinski definition) is 4. The van der Waals surface area contributed by atoms with E-state index >= 15 is 0 Å². The quantitative estimate of drug-likeness (QED) is 0.929. The maximum atomic E-state index is 12.3. The zero-order valence-corrected chi connectivity index (χ0v) is 13.7. The first-order chi connectivity index (χ1) is 9.88. The number of hydrogen-bond donors (Lipinski definition) is 1. The van der Waals surface area contributed by atoms with Crippen molar-refractivity contribution in [2.24, 2.45) is 11.3 Å². The standard InChI is InChI=1S/C15H23N3O2S/c1-15(2,3)14(20)18-6-4-5-11(8-18)13(19)16-7-12-9-21-10-17-12/h9-11H,4-8H2,1-3H3,(H,16,19)/t11-/m0/s1. The molecule has 5 nitrogen and oxygen atoms in total. The van der Waals surface area contributed by atoms with E-state index in [0.29, 0.717) is 13.1 Å². The van der Waals surface area contributed by atoms with Gasteiger partial charge in [-0.1, -0.05) is 20.8 Å². The number of rotatable bonds is 3. The van der Waals surface area contributed by atoms with Crippen LogP contribution < -0.4 is 5.32 Å². The van der Waals surface area contributed by atoms with E-state index in [4.69, 9.17) is 0 Å². The van der Waals surface area contributed by atoms with E-state index in [9.17, 15) is 9.59 Å². The Morgan fingerprint density at radius 1 is 1.48 bits per heavy atom. The minimum atomic E-state index is -0.390. The molecule has 0 radical (unpaired) electrons. The molecule has 0 aliphatic carbocycles. The molecule has 116 valence electrons. The summed E-state index contributed by atoms with van der Waals surface area (Å²) < 4.78 is 0. The molecule has 0 aromatic carbocycles. The Morgan fingerprint density at radius 2 is 2.24 bits per heavy atom. The molecule has 1 saturated heterocycles. The van der Waals surface area contributed by atoms with Gasteiger partial charge in [-0.25, -0.2) is 4.98 Å². The van der Waals surface area contributed by atoms with E-state index in [0.717, 1.165) is 25.1 Å². The van der Waals surface area contributed by atoms with Crippen LogP contribution in [0.15, 0.2) is 10.9 Å². The number of carbonyl (C=O) groups is 2. The Labute approximate surface area is 129 Å². The molecule has 1 aliphatic rings. The van der Waals surface area contributed by atoms with Crippen LogP contribution in [-0.2, 0) is 16.1 Å². The molecule has 21 heavy (non-hydrogen) atoms. The molecule has 1 aliphatic heterocycles. The third-order valence-corrected chi connectivity index (χ3v) is 4.28. The van der Waals surface area contributed by atoms with E-state index in [2.05, 4.69) is 10.3 Å². The van der Waals surface area contributed by atoms with Crippen LogP contribution in [0.25, 0.3) is 0 Å². The highest BCUT2D eigenvalue weighted by Crippen LogP contribution is 2.23. The second kappa shape index (κ2) is 6.56. The minimum Gasteiger partial charge on any atom is -0.350 e. The van der Waals surface area contributed by atoms with Crippen molar-refractivity contribution in [2.45, 2.75) is 40.2 Å². The van der Waals surface area contributed by atoms with Crippen molar-refractivity contribution in [3.05, 3.63) is 16.6 Å². The van der Waals surface area contributed by atoms with Gasteiger partial charge in [0.2, 0.25) is 11.8 Å². The van der Waals surface area contributed by atoms with E-state index in [1.165, 1.54) is 11.3 Å². The van der Waals surface area contributed by atoms with Gasteiger partial charge in [0, 0.05) is 23.9 Å². The smallest absolute Gasteiger partial charge is 0.227 e. The number of aromatic nitrogens is 1. The predicted octanol–water partition coefficient (Wildman–Crippen LogP) is 2.04. The molecule has 2 amide bonds. The van der Waals surface area contributed by atoms with Crippen LogP contribution >= 0.6 is 11.3 Å². The van der Waals surface area contributed by atoms with Crippen molar-refractivity contribution >= 4 is 23.2 Å². The van der Waals surface area contributed by atoms with Gasteiger partial charge in [-0.05, 0) is 12.8 Å². The van der Waals surface area contributed by atoms with E-state index in [1.54, 1.807) is 5.51 Å². The number of carbonyl (C=O) groups excluding carboxylic acids is 2. The van der Waals surface area contributed by atoms with Gasteiger partial charge < -0.3 is 10.2 Å². The molecular weight excluding hydrogens is 286 g/mol. The maximum absolute atomic E-state index is 12.3. The van der Waals surface area contributed by atoms with E-state index in [1.807, 2.05) is 31.1 Å². The highest BCUT2D eigenvalue weighted by atomic mass is 32.1. The zero-order chi connectivity index (χ0) is 15.5. The molecular formula is C15H23N3O2S. The normalized spacial score (nSPS) is 19.4. The lowest BCUT2D eigenvalue weighted by Gasteiger charge is -2.35. The molecule has 0 spiro atoms. The number of nitrogens with zero attached hydrogens (tertiary/aromatic N) is 2. The van der Waals surface area contributed by atoms with Crippen LogP contribution in [0, 0.1) is 11.3 Å². The van der Waals surface area contributed by atoms with Gasteiger partial charge in [0.1, 0.15) is 0 Å². The molecule has 6 heteroatoms. The van der Waals surface area contributed by atoms with Gasteiger partial charge >= 0.3 is 0 Å². The first-order valence-corrected chi connectivity index (χ1v) is 8.26. The van der Waals surface area contributed by atoms with Gasteiger partial charge in [-0.3, -0.25) is 9.59 Å². The third-order valence-electron chi connectivity index (χ3n) is 3.65. The highest BCUT2D eigenvalue weighted by Gasteiger charge is 2.33. The van der Waals surface area contributed by atoms with Crippen molar-refractivity contribution in [1.29, 1.82) is 0 Å². The van der Waals surface area contributed by atoms with Gasteiger partial charge in [0.05, 0.1) is 23.7 Å². The minimum absolute atomic E-state index is 0.0226. The maximum Gasteiger partial charge on any atom is 0.227 e. The average Bonchev–Trinajstić information content (AvgIpc) is 2.96. The summed E-state index contributed by atoms with van der Waals surface area (Å²) in [5, 5.41) is 4.85. The van der Waals surface area contributed by atoms with Crippen molar-refractivity contribution in [3.8, 4) is 0 Å². The Kier molecular flexibility index (Phi) is 4.98. The summed E-state index contributed by atoms with van der Waals surface area (Å²) in [6, 6.07) is 0. The molecule has 0 saturated carbocycles. The van der Waals surface area contributed by atoms with Crippen LogP contribution in [0.5, 0.6) is 0 Å². The molecule has 1 fully saturated rings. The van der Waals surface area contributed by atoms with Gasteiger partial charge in [0.25, 0.3) is 0 Å². The zero-order valence-electron chi connectivity index (χ0n) is 12.9. The lowest BCUT2D eigenvalue weighted by molar-refractivity contribution is -0.142. The Balaban J connectivity index is 1.88. The van der Waals surface area contributed by atoms with Crippen molar-refractivity contribution in [2.75, 3.05) is 13.1 Å². The second-order valence-electron chi connectivity index (χ2n) is 6.54. The predicted molar refractivity (Wildman–Crippen MR) is 82.7 cm³/mol. The number of likely N-dealkylation sites (tertiary alicyclic amines) is 1. The van der Waals surface area contributed by atoms with Crippen molar-refractivity contribution in [3.63, 3.8) is 0 Å². The Bertz CT molecular complexity index is 494. The van der Waals surface area contributed by atoms with Gasteiger partial charge in [-0.15, -0.1) is 11.3 Å². The molecule has 0 unspecified atom stereocenters. The van der Waals surface area contributed by atoms with Gasteiger partial charge in [-0.2, -0.15) is 0 Å². The summed E-state index contributed by atoms with van der Waals surface area (Å²) in [6.07, 6.45) is 1.73. The second-order valence-corrected chi connectivity index (χ2v) is 7.26. The number of amides is 2. The van der Waals surface area contributed by atoms with Crippen LogP contribution in [-0.4, -0.2) is 34.8 Å². The van der Waals surface area contributed by atoms with Gasteiger partial charge in [0.15, 0.2) is 0 Å². The monoisotopic (exact) mass is 309 g/mol.